The molecule has 23 heavy (non-hydrogen) atoms. The quantitative estimate of drug-likeness (QED) is 0.621. The minimum absolute atomic E-state index is 0.0866. The lowest BCUT2D eigenvalue weighted by molar-refractivity contribution is 0.402. The van der Waals surface area contributed by atoms with Crippen molar-refractivity contribution in [2.45, 2.75) is 32.4 Å². The average Bonchev–Trinajstić information content (AvgIpc) is 2.67. The standard InChI is InChI=1S/C16H25N5O2/c1-10-11(2)19-16(20-15(17-3)18-10)21(4)8-7-12-5-6-13(22)14(23)9-12/h5-6,9-11,22-23H,7-8H2,1-4H3,(H2,17,18,19,20). The van der Waals surface area contributed by atoms with Gasteiger partial charge in [0.2, 0.25) is 5.96 Å². The maximum atomic E-state index is 9.56. The summed E-state index contributed by atoms with van der Waals surface area (Å²) in [5.41, 5.74) is 0.949. The lowest BCUT2D eigenvalue weighted by Gasteiger charge is -2.22. The first kappa shape index (κ1) is 16.9. The van der Waals surface area contributed by atoms with Crippen molar-refractivity contribution in [2.75, 3.05) is 20.6 Å². The summed E-state index contributed by atoms with van der Waals surface area (Å²) in [6.07, 6.45) is 0.723. The monoisotopic (exact) mass is 319 g/mol. The molecule has 0 aromatic heterocycles. The van der Waals surface area contributed by atoms with Crippen LogP contribution in [0.1, 0.15) is 19.4 Å². The van der Waals surface area contributed by atoms with Gasteiger partial charge in [-0.15, -0.1) is 0 Å². The summed E-state index contributed by atoms with van der Waals surface area (Å²) in [4.78, 5) is 11.2. The normalized spacial score (nSPS) is 20.9. The molecule has 7 nitrogen and oxygen atoms in total. The molecule has 0 saturated carbocycles. The Morgan fingerprint density at radius 3 is 2.52 bits per heavy atom. The molecule has 0 aliphatic carbocycles. The highest BCUT2D eigenvalue weighted by molar-refractivity contribution is 5.99. The molecule has 0 spiro atoms. The van der Waals surface area contributed by atoms with Crippen molar-refractivity contribution in [1.29, 1.82) is 0 Å². The molecule has 4 N–H and O–H groups in total. The Hall–Kier alpha value is -2.44. The third kappa shape index (κ3) is 4.28. The second-order valence-electron chi connectivity index (χ2n) is 5.78. The highest BCUT2D eigenvalue weighted by Crippen LogP contribution is 2.25. The van der Waals surface area contributed by atoms with Crippen molar-refractivity contribution in [3.05, 3.63) is 23.8 Å². The first-order valence-electron chi connectivity index (χ1n) is 7.73. The Kier molecular flexibility index (Phi) is 5.31. The number of nitrogens with one attached hydrogen (secondary N) is 2. The SMILES string of the molecule is CNC1=NC(C)C(C)N=C(N(C)CCc2ccc(O)c(O)c2)N1. The van der Waals surface area contributed by atoms with Crippen LogP contribution in [-0.2, 0) is 6.42 Å². The molecule has 1 heterocycles. The fourth-order valence-electron chi connectivity index (χ4n) is 2.23. The Morgan fingerprint density at radius 2 is 1.87 bits per heavy atom. The van der Waals surface area contributed by atoms with Crippen molar-refractivity contribution in [3.8, 4) is 11.5 Å². The van der Waals surface area contributed by atoms with Gasteiger partial charge in [0.1, 0.15) is 0 Å². The van der Waals surface area contributed by atoms with Gasteiger partial charge in [-0.3, -0.25) is 5.32 Å². The summed E-state index contributed by atoms with van der Waals surface area (Å²) in [6, 6.07) is 5.07. The van der Waals surface area contributed by atoms with Gasteiger partial charge in [-0.25, -0.2) is 9.98 Å². The highest BCUT2D eigenvalue weighted by atomic mass is 16.3. The summed E-state index contributed by atoms with van der Waals surface area (Å²) in [5, 5.41) is 25.2. The Bertz CT molecular complexity index is 614. The molecule has 0 bridgehead atoms. The zero-order valence-corrected chi connectivity index (χ0v) is 14.0. The molecule has 2 atom stereocenters. The van der Waals surface area contributed by atoms with E-state index < -0.39 is 0 Å². The van der Waals surface area contributed by atoms with Crippen molar-refractivity contribution in [3.63, 3.8) is 0 Å². The van der Waals surface area contributed by atoms with Gasteiger partial charge in [-0.2, -0.15) is 0 Å². The van der Waals surface area contributed by atoms with Crippen molar-refractivity contribution < 1.29 is 10.2 Å². The van der Waals surface area contributed by atoms with Crippen LogP contribution in [0, 0.1) is 0 Å². The fraction of sp³-hybridized carbons (Fsp3) is 0.500. The molecule has 7 heteroatoms. The summed E-state index contributed by atoms with van der Waals surface area (Å²) in [7, 11) is 3.79. The first-order chi connectivity index (χ1) is 10.9. The van der Waals surface area contributed by atoms with E-state index in [2.05, 4.69) is 20.6 Å². The summed E-state index contributed by atoms with van der Waals surface area (Å²) in [6.45, 7) is 4.80. The number of guanidine groups is 2. The molecule has 0 fully saturated rings. The van der Waals surface area contributed by atoms with E-state index >= 15 is 0 Å². The summed E-state index contributed by atoms with van der Waals surface area (Å²) >= 11 is 0. The third-order valence-corrected chi connectivity index (χ3v) is 3.96. The molecule has 0 saturated heterocycles. The van der Waals surface area contributed by atoms with Gasteiger partial charge in [0, 0.05) is 20.6 Å². The largest absolute Gasteiger partial charge is 0.504 e. The molecule has 2 unspecified atom stereocenters. The van der Waals surface area contributed by atoms with E-state index in [4.69, 9.17) is 0 Å². The van der Waals surface area contributed by atoms with Crippen LogP contribution in [-0.4, -0.2) is 59.8 Å². The van der Waals surface area contributed by atoms with Gasteiger partial charge in [0.25, 0.3) is 0 Å². The molecule has 2 rings (SSSR count). The molecule has 1 aromatic rings. The van der Waals surface area contributed by atoms with Crippen LogP contribution in [0.5, 0.6) is 11.5 Å². The molecule has 126 valence electrons. The number of likely N-dealkylation sites (N-methyl/N-ethyl adjacent to an activating group) is 1. The Morgan fingerprint density at radius 1 is 1.17 bits per heavy atom. The number of phenolic OH excluding ortho intramolecular Hbond substituents is 2. The topological polar surface area (TPSA) is 92.5 Å². The number of benzene rings is 1. The van der Waals surface area contributed by atoms with E-state index in [9.17, 15) is 10.2 Å². The predicted molar refractivity (Wildman–Crippen MR) is 92.1 cm³/mol. The van der Waals surface area contributed by atoms with Crippen molar-refractivity contribution in [1.82, 2.24) is 15.5 Å². The van der Waals surface area contributed by atoms with E-state index in [1.54, 1.807) is 12.1 Å². The molecule has 1 aliphatic rings. The second kappa shape index (κ2) is 7.21. The Balaban J connectivity index is 2.04. The third-order valence-electron chi connectivity index (χ3n) is 3.96. The van der Waals surface area contributed by atoms with Gasteiger partial charge in [0.05, 0.1) is 12.1 Å². The number of hydrogen-bond donors (Lipinski definition) is 4. The highest BCUT2D eigenvalue weighted by Gasteiger charge is 2.19. The number of phenols is 2. The number of aliphatic imine (C=N–C) groups is 2. The number of nitrogens with zero attached hydrogens (tertiary/aromatic N) is 3. The molecular weight excluding hydrogens is 294 g/mol. The zero-order chi connectivity index (χ0) is 17.0. The van der Waals surface area contributed by atoms with Gasteiger partial charge in [-0.1, -0.05) is 6.07 Å². The lowest BCUT2D eigenvalue weighted by Crippen LogP contribution is -2.46. The first-order valence-corrected chi connectivity index (χ1v) is 7.73. The van der Waals surface area contributed by atoms with E-state index in [1.165, 1.54) is 6.07 Å². The molecule has 0 amide bonds. The van der Waals surface area contributed by atoms with Crippen LogP contribution in [0.3, 0.4) is 0 Å². The van der Waals surface area contributed by atoms with Crippen LogP contribution in [0.15, 0.2) is 28.2 Å². The summed E-state index contributed by atoms with van der Waals surface area (Å²) < 4.78 is 0. The van der Waals surface area contributed by atoms with Crippen LogP contribution in [0.2, 0.25) is 0 Å². The van der Waals surface area contributed by atoms with Crippen molar-refractivity contribution in [2.24, 2.45) is 9.98 Å². The van der Waals surface area contributed by atoms with Gasteiger partial charge in [0.15, 0.2) is 17.5 Å². The minimum Gasteiger partial charge on any atom is -0.504 e. The van der Waals surface area contributed by atoms with Crippen LogP contribution in [0.4, 0.5) is 0 Å². The summed E-state index contributed by atoms with van der Waals surface area (Å²) in [5.74, 6) is 1.27. The number of aromatic hydroxyl groups is 2. The molecule has 0 radical (unpaired) electrons. The fourth-order valence-corrected chi connectivity index (χ4v) is 2.23. The van der Waals surface area contributed by atoms with Gasteiger partial charge < -0.3 is 20.4 Å². The zero-order valence-electron chi connectivity index (χ0n) is 14.0. The Labute approximate surface area is 136 Å². The molecule has 1 aliphatic heterocycles. The van der Waals surface area contributed by atoms with E-state index in [-0.39, 0.29) is 23.6 Å². The molecular formula is C16H25N5O2. The molecule has 1 aromatic carbocycles. The number of hydrogen-bond acceptors (Lipinski definition) is 7. The van der Waals surface area contributed by atoms with Crippen LogP contribution in [0.25, 0.3) is 0 Å². The maximum absolute atomic E-state index is 9.56. The van der Waals surface area contributed by atoms with E-state index in [1.807, 2.05) is 32.8 Å². The van der Waals surface area contributed by atoms with Gasteiger partial charge >= 0.3 is 0 Å². The maximum Gasteiger partial charge on any atom is 0.200 e. The van der Waals surface area contributed by atoms with Crippen LogP contribution < -0.4 is 10.6 Å². The smallest absolute Gasteiger partial charge is 0.200 e. The second-order valence-corrected chi connectivity index (χ2v) is 5.78. The van der Waals surface area contributed by atoms with E-state index in [0.717, 1.165) is 17.9 Å². The van der Waals surface area contributed by atoms with Crippen LogP contribution >= 0.6 is 0 Å². The van der Waals surface area contributed by atoms with E-state index in [0.29, 0.717) is 12.5 Å². The lowest BCUT2D eigenvalue weighted by atomic mass is 10.1. The van der Waals surface area contributed by atoms with Crippen molar-refractivity contribution >= 4 is 11.9 Å². The predicted octanol–water partition coefficient (Wildman–Crippen LogP) is 0.884. The minimum atomic E-state index is -0.102. The average molecular weight is 319 g/mol. The number of rotatable bonds is 3. The van der Waals surface area contributed by atoms with Gasteiger partial charge in [-0.05, 0) is 38.0 Å².